The van der Waals surface area contributed by atoms with Crippen LogP contribution in [0.5, 0.6) is 0 Å². The molecule has 208 valence electrons. The third kappa shape index (κ3) is 16.8. The molecule has 19 nitrogen and oxygen atoms in total. The van der Waals surface area contributed by atoms with Gasteiger partial charge in [0.1, 0.15) is 12.1 Å². The zero-order valence-electron chi connectivity index (χ0n) is 19.3. The molecule has 0 saturated carbocycles. The summed E-state index contributed by atoms with van der Waals surface area (Å²) >= 11 is 0. The van der Waals surface area contributed by atoms with Crippen LogP contribution >= 0.6 is 15.5 Å². The highest BCUT2D eigenvalue weighted by molar-refractivity contribution is 7.50. The van der Waals surface area contributed by atoms with Gasteiger partial charge in [-0.15, -0.1) is 0 Å². The quantitative estimate of drug-likeness (QED) is 0.0391. The van der Waals surface area contributed by atoms with E-state index in [0.29, 0.717) is 0 Å². The van der Waals surface area contributed by atoms with Gasteiger partial charge in [0, 0.05) is 13.1 Å². The van der Waals surface area contributed by atoms with Crippen LogP contribution in [0.3, 0.4) is 0 Å². The molecule has 3 atom stereocenters. The monoisotopic (exact) mass is 561 g/mol. The summed E-state index contributed by atoms with van der Waals surface area (Å²) < 4.78 is 21.6. The van der Waals surface area contributed by atoms with E-state index in [0.717, 1.165) is 0 Å². The Morgan fingerprint density at radius 2 is 1.28 bits per heavy atom. The van der Waals surface area contributed by atoms with Crippen molar-refractivity contribution in [2.24, 2.45) is 27.2 Å². The van der Waals surface area contributed by atoms with Gasteiger partial charge in [-0.2, -0.15) is 0 Å². The van der Waals surface area contributed by atoms with Crippen molar-refractivity contribution < 1.29 is 48.2 Å². The smallest absolute Gasteiger partial charge is 0.429 e. The number of rotatable bonds is 15. The molecule has 0 aromatic rings. The Morgan fingerprint density at radius 3 is 1.69 bits per heavy atom. The number of aliphatic imine (C=N–C) groups is 2. The molecule has 0 aliphatic carbocycles. The third-order valence-corrected chi connectivity index (χ3v) is 5.15. The van der Waals surface area contributed by atoms with Crippen LogP contribution < -0.4 is 38.0 Å². The molecule has 2 amide bonds. The van der Waals surface area contributed by atoms with Gasteiger partial charge in [0.05, 0.1) is 6.04 Å². The SMILES string of the molecule is C[C@H](NC(=O)[C@H](CCCN=C(N)NP(=O)(O)O)NC(=O)[C@@H](N)CCCN=C(N)NP(=O)(O)O)C(=O)O. The van der Waals surface area contributed by atoms with Crippen LogP contribution in [-0.2, 0) is 23.5 Å². The van der Waals surface area contributed by atoms with Gasteiger partial charge in [-0.3, -0.25) is 34.5 Å². The number of carbonyl (C=O) groups excluding carboxylic acids is 2. The summed E-state index contributed by atoms with van der Waals surface area (Å²) in [5.74, 6) is -3.88. The van der Waals surface area contributed by atoms with Crippen molar-refractivity contribution in [1.82, 2.24) is 20.8 Å². The van der Waals surface area contributed by atoms with Crippen LogP contribution in [0.4, 0.5) is 0 Å². The van der Waals surface area contributed by atoms with E-state index in [1.807, 2.05) is 0 Å². The fourth-order valence-electron chi connectivity index (χ4n) is 2.43. The minimum atomic E-state index is -4.64. The molecule has 0 saturated heterocycles. The van der Waals surface area contributed by atoms with Gasteiger partial charge >= 0.3 is 21.5 Å². The second kappa shape index (κ2) is 15.4. The maximum absolute atomic E-state index is 12.5. The normalized spacial score (nSPS) is 15.4. The van der Waals surface area contributed by atoms with Crippen molar-refractivity contribution >= 4 is 45.2 Å². The summed E-state index contributed by atoms with van der Waals surface area (Å²) in [5.41, 5.74) is 16.4. The predicted octanol–water partition coefficient (Wildman–Crippen LogP) is -4.06. The number of nitrogens with two attached hydrogens (primary N) is 3. The van der Waals surface area contributed by atoms with Gasteiger partial charge in [0.2, 0.25) is 11.8 Å². The number of guanidine groups is 2. The lowest BCUT2D eigenvalue weighted by Gasteiger charge is -2.21. The Morgan fingerprint density at radius 1 is 0.833 bits per heavy atom. The lowest BCUT2D eigenvalue weighted by Crippen LogP contribution is -2.54. The maximum Gasteiger partial charge on any atom is 0.429 e. The first-order valence-electron chi connectivity index (χ1n) is 10.3. The van der Waals surface area contributed by atoms with Gasteiger partial charge < -0.3 is 52.5 Å². The fourth-order valence-corrected chi connectivity index (χ4v) is 3.17. The molecule has 36 heavy (non-hydrogen) atoms. The van der Waals surface area contributed by atoms with Crippen molar-refractivity contribution in [2.75, 3.05) is 13.1 Å². The van der Waals surface area contributed by atoms with Crippen LogP contribution in [-0.4, -0.2) is 85.6 Å². The molecule has 0 aromatic carbocycles. The summed E-state index contributed by atoms with van der Waals surface area (Å²) in [5, 5.41) is 16.9. The molecule has 0 aromatic heterocycles. The van der Waals surface area contributed by atoms with Gasteiger partial charge in [0.15, 0.2) is 11.9 Å². The van der Waals surface area contributed by atoms with Crippen LogP contribution in [0.25, 0.3) is 0 Å². The first-order valence-corrected chi connectivity index (χ1v) is 13.5. The van der Waals surface area contributed by atoms with E-state index >= 15 is 0 Å². The van der Waals surface area contributed by atoms with E-state index < -0.39 is 63.3 Å². The summed E-state index contributed by atoms with van der Waals surface area (Å²) in [6.45, 7) is 1.13. The first-order chi connectivity index (χ1) is 16.4. The van der Waals surface area contributed by atoms with Crippen LogP contribution in [0.2, 0.25) is 0 Å². The lowest BCUT2D eigenvalue weighted by atomic mass is 10.1. The number of nitrogens with zero attached hydrogens (tertiary/aromatic N) is 2. The van der Waals surface area contributed by atoms with Crippen molar-refractivity contribution in [3.8, 4) is 0 Å². The number of aliphatic carboxylic acids is 1. The van der Waals surface area contributed by atoms with E-state index in [9.17, 15) is 23.5 Å². The number of carboxylic acid groups (broad SMARTS) is 1. The second-order valence-electron chi connectivity index (χ2n) is 7.37. The molecule has 0 rings (SSSR count). The minimum absolute atomic E-state index is 0.0120. The molecule has 0 bridgehead atoms. The van der Waals surface area contributed by atoms with Crippen LogP contribution in [0.15, 0.2) is 9.98 Å². The summed E-state index contributed by atoms with van der Waals surface area (Å²) in [4.78, 5) is 78.3. The molecule has 0 unspecified atom stereocenters. The second-order valence-corrected chi connectivity index (χ2v) is 9.99. The minimum Gasteiger partial charge on any atom is -0.480 e. The van der Waals surface area contributed by atoms with Gasteiger partial charge in [-0.25, -0.2) is 9.13 Å². The highest BCUT2D eigenvalue weighted by Gasteiger charge is 2.26. The number of carbonyl (C=O) groups is 3. The average Bonchev–Trinajstić information content (AvgIpc) is 2.70. The number of amides is 2. The Kier molecular flexibility index (Phi) is 14.2. The van der Waals surface area contributed by atoms with E-state index in [-0.39, 0.29) is 38.8 Å². The zero-order valence-corrected chi connectivity index (χ0v) is 21.1. The third-order valence-electron chi connectivity index (χ3n) is 4.11. The molecule has 0 heterocycles. The van der Waals surface area contributed by atoms with Crippen LogP contribution in [0.1, 0.15) is 32.6 Å². The standard InChI is InChI=1S/C15H33N9O10P2/c1-8(13(27)28)21-12(26)10(5-3-7-20-15(18)24-36(32,33)34)22-11(25)9(16)4-2-6-19-14(17)23-35(29,30)31/h8-10H,2-7,16H2,1H3,(H,21,26)(H,22,25)(H,27,28)(H5,17,19,23,29,30,31)(H5,18,20,24,32,33,34)/t8-,9-,10-/m0/s1. The van der Waals surface area contributed by atoms with Crippen molar-refractivity contribution in [3.05, 3.63) is 0 Å². The lowest BCUT2D eigenvalue weighted by molar-refractivity contribution is -0.141. The van der Waals surface area contributed by atoms with Gasteiger partial charge in [0.25, 0.3) is 0 Å². The van der Waals surface area contributed by atoms with E-state index in [4.69, 9.17) is 41.9 Å². The van der Waals surface area contributed by atoms with Gasteiger partial charge in [-0.1, -0.05) is 0 Å². The Hall–Kier alpha value is -2.79. The highest BCUT2D eigenvalue weighted by Crippen LogP contribution is 2.27. The first kappa shape index (κ1) is 33.2. The number of hydrogen-bond donors (Lipinski definition) is 12. The maximum atomic E-state index is 12.5. The Bertz CT molecular complexity index is 919. The van der Waals surface area contributed by atoms with Crippen molar-refractivity contribution in [3.63, 3.8) is 0 Å². The number of carboxylic acids is 1. The summed E-state index contributed by atoms with van der Waals surface area (Å²) in [6.07, 6.45) is 0.330. The molecular formula is C15H33N9O10P2. The zero-order chi connectivity index (χ0) is 28.1. The summed E-state index contributed by atoms with van der Waals surface area (Å²) in [7, 11) is -9.23. The van der Waals surface area contributed by atoms with Crippen LogP contribution in [0, 0.1) is 0 Å². The van der Waals surface area contributed by atoms with E-state index in [2.05, 4.69) is 20.6 Å². The van der Waals surface area contributed by atoms with E-state index in [1.54, 1.807) is 10.2 Å². The van der Waals surface area contributed by atoms with E-state index in [1.165, 1.54) is 6.92 Å². The molecule has 0 fully saturated rings. The molecule has 0 aliphatic heterocycles. The van der Waals surface area contributed by atoms with Crippen molar-refractivity contribution in [2.45, 2.75) is 50.7 Å². The molecule has 21 heteroatoms. The predicted molar refractivity (Wildman–Crippen MR) is 127 cm³/mol. The highest BCUT2D eigenvalue weighted by atomic mass is 31.2. The Balaban J connectivity index is 4.99. The molecule has 0 spiro atoms. The molecular weight excluding hydrogens is 528 g/mol. The Labute approximate surface area is 205 Å². The number of hydrogen-bond acceptors (Lipinski definition) is 8. The summed E-state index contributed by atoms with van der Waals surface area (Å²) in [6, 6.07) is -3.57. The topological polar surface area (TPSA) is 337 Å². The molecule has 0 radical (unpaired) electrons. The molecule has 0 aliphatic rings. The van der Waals surface area contributed by atoms with Crippen molar-refractivity contribution in [1.29, 1.82) is 0 Å². The van der Waals surface area contributed by atoms with Gasteiger partial charge in [-0.05, 0) is 32.6 Å². The average molecular weight is 561 g/mol. The fraction of sp³-hybridized carbons (Fsp3) is 0.667. The largest absolute Gasteiger partial charge is 0.480 e. The number of nitrogens with one attached hydrogen (secondary N) is 4. The molecule has 15 N–H and O–H groups in total.